The van der Waals surface area contributed by atoms with E-state index in [-0.39, 0.29) is 17.5 Å². The van der Waals surface area contributed by atoms with Crippen LogP contribution in [0.3, 0.4) is 0 Å². The van der Waals surface area contributed by atoms with E-state index in [0.717, 1.165) is 42.6 Å². The van der Waals surface area contributed by atoms with Gasteiger partial charge >= 0.3 is 0 Å². The molecule has 0 bridgehead atoms. The van der Waals surface area contributed by atoms with Gasteiger partial charge in [0.15, 0.2) is 0 Å². The molecule has 1 aliphatic heterocycles. The highest BCUT2D eigenvalue weighted by Crippen LogP contribution is 2.39. The first kappa shape index (κ1) is 17.2. The normalized spacial score (nSPS) is 20.6. The fourth-order valence-corrected chi connectivity index (χ4v) is 3.32. The second-order valence-corrected chi connectivity index (χ2v) is 7.62. The van der Waals surface area contributed by atoms with Crippen molar-refractivity contribution in [2.24, 2.45) is 0 Å². The second-order valence-electron chi connectivity index (χ2n) is 7.62. The zero-order chi connectivity index (χ0) is 17.3. The third-order valence-electron chi connectivity index (χ3n) is 4.71. The topological polar surface area (TPSA) is 51.6 Å². The summed E-state index contributed by atoms with van der Waals surface area (Å²) >= 11 is 0. The summed E-state index contributed by atoms with van der Waals surface area (Å²) in [5.41, 5.74) is -0.0224. The minimum absolute atomic E-state index is 0.0224. The quantitative estimate of drug-likeness (QED) is 0.800. The number of methoxy groups -OCH3 is 1. The third kappa shape index (κ3) is 3.42. The molecule has 0 N–H and O–H groups in total. The fraction of sp³-hybridized carbons (Fsp3) is 0.632. The highest BCUT2D eigenvalue weighted by atomic mass is 16.5. The fourth-order valence-electron chi connectivity index (χ4n) is 3.32. The zero-order valence-corrected chi connectivity index (χ0v) is 15.3. The van der Waals surface area contributed by atoms with E-state index in [9.17, 15) is 0 Å². The molecular formula is C19H28N2O3. The molecule has 3 rings (SSSR count). The van der Waals surface area contributed by atoms with Crippen LogP contribution in [0.2, 0.25) is 0 Å². The van der Waals surface area contributed by atoms with Crippen molar-refractivity contribution in [1.82, 2.24) is 9.88 Å². The number of nitrogens with zero attached hydrogens (tertiary/aromatic N) is 2. The third-order valence-corrected chi connectivity index (χ3v) is 4.71. The summed E-state index contributed by atoms with van der Waals surface area (Å²) in [5, 5.41) is 0. The van der Waals surface area contributed by atoms with Crippen LogP contribution in [-0.2, 0) is 16.8 Å². The Labute approximate surface area is 144 Å². The van der Waals surface area contributed by atoms with E-state index in [4.69, 9.17) is 13.6 Å². The number of hydrogen-bond donors (Lipinski definition) is 0. The van der Waals surface area contributed by atoms with Gasteiger partial charge in [0.2, 0.25) is 5.89 Å². The van der Waals surface area contributed by atoms with Gasteiger partial charge in [-0.1, -0.05) is 20.8 Å². The zero-order valence-electron chi connectivity index (χ0n) is 15.3. The lowest BCUT2D eigenvalue weighted by atomic mass is 9.94. The van der Waals surface area contributed by atoms with E-state index in [2.05, 4.69) is 43.6 Å². The van der Waals surface area contributed by atoms with Crippen LogP contribution in [0.1, 0.15) is 75.8 Å². The van der Waals surface area contributed by atoms with Crippen molar-refractivity contribution >= 4 is 0 Å². The highest BCUT2D eigenvalue weighted by Gasteiger charge is 2.34. The standard InChI is InChI=1S/C19H28N2O3/c1-13(18-20-11-17(24-18)19(2,3)4)21-10-6-7-15(21)16-9-8-14(23-16)12-22-5/h8-9,11,13,15H,6-7,10,12H2,1-5H3. The van der Waals surface area contributed by atoms with Gasteiger partial charge in [-0.2, -0.15) is 0 Å². The predicted octanol–water partition coefficient (Wildman–Crippen LogP) is 4.61. The predicted molar refractivity (Wildman–Crippen MR) is 91.7 cm³/mol. The van der Waals surface area contributed by atoms with Crippen LogP contribution in [0.4, 0.5) is 0 Å². The van der Waals surface area contributed by atoms with Crippen molar-refractivity contribution in [3.63, 3.8) is 0 Å². The van der Waals surface area contributed by atoms with Crippen molar-refractivity contribution in [1.29, 1.82) is 0 Å². The average molecular weight is 332 g/mol. The van der Waals surface area contributed by atoms with E-state index in [1.54, 1.807) is 7.11 Å². The molecule has 2 atom stereocenters. The number of hydrogen-bond acceptors (Lipinski definition) is 5. The molecule has 0 aliphatic carbocycles. The molecule has 132 valence electrons. The second kappa shape index (κ2) is 6.73. The lowest BCUT2D eigenvalue weighted by Gasteiger charge is -2.27. The van der Waals surface area contributed by atoms with Gasteiger partial charge in [-0.3, -0.25) is 4.90 Å². The number of furan rings is 1. The summed E-state index contributed by atoms with van der Waals surface area (Å²) in [6, 6.07) is 4.48. The molecule has 0 spiro atoms. The van der Waals surface area contributed by atoms with Crippen molar-refractivity contribution in [3.8, 4) is 0 Å². The molecule has 1 aliphatic rings. The first-order chi connectivity index (χ1) is 11.4. The largest absolute Gasteiger partial charge is 0.462 e. The molecule has 24 heavy (non-hydrogen) atoms. The Bertz CT molecular complexity index is 668. The minimum atomic E-state index is -0.0224. The molecule has 0 radical (unpaired) electrons. The van der Waals surface area contributed by atoms with Gasteiger partial charge < -0.3 is 13.6 Å². The highest BCUT2D eigenvalue weighted by molar-refractivity contribution is 5.14. The summed E-state index contributed by atoms with van der Waals surface area (Å²) in [7, 11) is 1.68. The van der Waals surface area contributed by atoms with Crippen molar-refractivity contribution < 1.29 is 13.6 Å². The van der Waals surface area contributed by atoms with Crippen LogP contribution >= 0.6 is 0 Å². The molecule has 2 aromatic heterocycles. The van der Waals surface area contributed by atoms with Crippen LogP contribution < -0.4 is 0 Å². The van der Waals surface area contributed by atoms with Crippen LogP contribution in [0.25, 0.3) is 0 Å². The number of ether oxygens (including phenoxy) is 1. The lowest BCUT2D eigenvalue weighted by molar-refractivity contribution is 0.136. The Kier molecular flexibility index (Phi) is 4.83. The number of oxazole rings is 1. The molecule has 0 aromatic carbocycles. The molecule has 1 fully saturated rings. The van der Waals surface area contributed by atoms with E-state index in [0.29, 0.717) is 6.61 Å². The summed E-state index contributed by atoms with van der Waals surface area (Å²) in [6.07, 6.45) is 4.11. The summed E-state index contributed by atoms with van der Waals surface area (Å²) in [4.78, 5) is 6.96. The van der Waals surface area contributed by atoms with E-state index >= 15 is 0 Å². The monoisotopic (exact) mass is 332 g/mol. The first-order valence-corrected chi connectivity index (χ1v) is 8.69. The van der Waals surface area contributed by atoms with Gasteiger partial charge in [-0.05, 0) is 38.4 Å². The Hall–Kier alpha value is -1.59. The average Bonchev–Trinajstić information content (AvgIpc) is 3.25. The summed E-state index contributed by atoms with van der Waals surface area (Å²) < 4.78 is 17.2. The minimum Gasteiger partial charge on any atom is -0.462 e. The molecule has 1 saturated heterocycles. The van der Waals surface area contributed by atoms with Gasteiger partial charge in [0.1, 0.15) is 23.9 Å². The summed E-state index contributed by atoms with van der Waals surface area (Å²) in [6.45, 7) is 10.1. The van der Waals surface area contributed by atoms with Gasteiger partial charge in [0, 0.05) is 12.5 Å². The smallest absolute Gasteiger partial charge is 0.211 e. The Morgan fingerprint density at radius 3 is 2.79 bits per heavy atom. The molecule has 0 amide bonds. The maximum Gasteiger partial charge on any atom is 0.211 e. The van der Waals surface area contributed by atoms with Crippen molar-refractivity contribution in [2.45, 2.75) is 64.6 Å². The molecule has 3 heterocycles. The Morgan fingerprint density at radius 1 is 1.33 bits per heavy atom. The molecule has 2 unspecified atom stereocenters. The van der Waals surface area contributed by atoms with Crippen molar-refractivity contribution in [3.05, 3.63) is 41.5 Å². The van der Waals surface area contributed by atoms with Crippen LogP contribution in [0.5, 0.6) is 0 Å². The molecular weight excluding hydrogens is 304 g/mol. The maximum absolute atomic E-state index is 6.05. The molecule has 0 saturated carbocycles. The van der Waals surface area contributed by atoms with Crippen LogP contribution in [-0.4, -0.2) is 23.5 Å². The lowest BCUT2D eigenvalue weighted by Crippen LogP contribution is -2.26. The van der Waals surface area contributed by atoms with Crippen LogP contribution in [0, 0.1) is 0 Å². The Morgan fingerprint density at radius 2 is 2.12 bits per heavy atom. The van der Waals surface area contributed by atoms with Gasteiger partial charge in [-0.25, -0.2) is 4.98 Å². The number of likely N-dealkylation sites (tertiary alicyclic amines) is 1. The maximum atomic E-state index is 6.05. The van der Waals surface area contributed by atoms with Gasteiger partial charge in [0.05, 0.1) is 18.3 Å². The molecule has 2 aromatic rings. The van der Waals surface area contributed by atoms with E-state index in [1.807, 2.05) is 12.3 Å². The van der Waals surface area contributed by atoms with Gasteiger partial charge in [-0.15, -0.1) is 0 Å². The van der Waals surface area contributed by atoms with Gasteiger partial charge in [0.25, 0.3) is 0 Å². The molecule has 5 nitrogen and oxygen atoms in total. The summed E-state index contributed by atoms with van der Waals surface area (Å²) in [5.74, 6) is 3.60. The van der Waals surface area contributed by atoms with Crippen molar-refractivity contribution in [2.75, 3.05) is 13.7 Å². The molecule has 5 heteroatoms. The van der Waals surface area contributed by atoms with E-state index in [1.165, 1.54) is 0 Å². The van der Waals surface area contributed by atoms with Crippen LogP contribution in [0.15, 0.2) is 27.2 Å². The first-order valence-electron chi connectivity index (χ1n) is 8.69. The number of rotatable bonds is 5. The Balaban J connectivity index is 1.78. The number of aromatic nitrogens is 1. The van der Waals surface area contributed by atoms with E-state index < -0.39 is 0 Å². The SMILES string of the molecule is COCc1ccc(C2CCCN2C(C)c2ncc(C(C)(C)C)o2)o1.